The van der Waals surface area contributed by atoms with Gasteiger partial charge in [0.15, 0.2) is 5.76 Å². The Bertz CT molecular complexity index is 1330. The van der Waals surface area contributed by atoms with Gasteiger partial charge in [0, 0.05) is 39.7 Å². The van der Waals surface area contributed by atoms with Crippen LogP contribution in [0.4, 0.5) is 4.39 Å². The van der Waals surface area contributed by atoms with Gasteiger partial charge < -0.3 is 14.4 Å². The number of nitriles is 1. The first-order valence-corrected chi connectivity index (χ1v) is 10.0. The van der Waals surface area contributed by atoms with Gasteiger partial charge in [-0.25, -0.2) is 4.39 Å². The molecule has 0 atom stereocenters. The van der Waals surface area contributed by atoms with E-state index < -0.39 is 0 Å². The SMILES string of the molecule is N#Cc1c(-c2ccccc2F)[nH]c2c1C=CN(Cc1cc(-c3ccc(Cl)cc3)no1)C2. The topological polar surface area (TPSA) is 68.8 Å². The van der Waals surface area contributed by atoms with Crippen molar-refractivity contribution in [2.45, 2.75) is 13.1 Å². The van der Waals surface area contributed by atoms with Gasteiger partial charge in [-0.2, -0.15) is 5.26 Å². The summed E-state index contributed by atoms with van der Waals surface area (Å²) in [7, 11) is 0. The summed E-state index contributed by atoms with van der Waals surface area (Å²) in [5, 5.41) is 14.5. The van der Waals surface area contributed by atoms with Gasteiger partial charge >= 0.3 is 0 Å². The molecule has 0 amide bonds. The minimum atomic E-state index is -0.366. The maximum absolute atomic E-state index is 14.3. The fourth-order valence-electron chi connectivity index (χ4n) is 3.75. The Morgan fingerprint density at radius 3 is 2.77 bits per heavy atom. The van der Waals surface area contributed by atoms with E-state index in [-0.39, 0.29) is 5.82 Å². The number of hydrogen-bond acceptors (Lipinski definition) is 4. The van der Waals surface area contributed by atoms with Crippen LogP contribution in [0.1, 0.15) is 22.6 Å². The fraction of sp³-hybridized carbons (Fsp3) is 0.0833. The largest absolute Gasteiger partial charge is 0.364 e. The minimum Gasteiger partial charge on any atom is -0.364 e. The first-order chi connectivity index (χ1) is 15.1. The second-order valence-corrected chi connectivity index (χ2v) is 7.70. The van der Waals surface area contributed by atoms with Crippen LogP contribution in [0.5, 0.6) is 0 Å². The van der Waals surface area contributed by atoms with Gasteiger partial charge in [0.05, 0.1) is 24.3 Å². The van der Waals surface area contributed by atoms with Crippen LogP contribution in [0.3, 0.4) is 0 Å². The maximum atomic E-state index is 14.3. The van der Waals surface area contributed by atoms with Crippen LogP contribution in [0, 0.1) is 17.1 Å². The molecule has 152 valence electrons. The molecule has 0 bridgehead atoms. The fourth-order valence-corrected chi connectivity index (χ4v) is 3.87. The molecular weight excluding hydrogens is 415 g/mol. The molecule has 2 aromatic carbocycles. The van der Waals surface area contributed by atoms with Crippen LogP contribution in [0.2, 0.25) is 5.02 Å². The zero-order valence-electron chi connectivity index (χ0n) is 16.3. The van der Waals surface area contributed by atoms with Crippen molar-refractivity contribution in [3.63, 3.8) is 0 Å². The summed E-state index contributed by atoms with van der Waals surface area (Å²) >= 11 is 5.94. The third kappa shape index (κ3) is 3.60. The molecule has 0 radical (unpaired) electrons. The number of halogens is 2. The Hall–Kier alpha value is -3.82. The Morgan fingerprint density at radius 1 is 1.19 bits per heavy atom. The maximum Gasteiger partial charge on any atom is 0.156 e. The number of benzene rings is 2. The van der Waals surface area contributed by atoms with Gasteiger partial charge in [0.1, 0.15) is 17.6 Å². The van der Waals surface area contributed by atoms with Crippen molar-refractivity contribution in [3.05, 3.63) is 94.2 Å². The molecule has 31 heavy (non-hydrogen) atoms. The number of aromatic nitrogens is 2. The second-order valence-electron chi connectivity index (χ2n) is 7.26. The predicted octanol–water partition coefficient (Wildman–Crippen LogP) is 5.99. The summed E-state index contributed by atoms with van der Waals surface area (Å²) in [4.78, 5) is 5.29. The highest BCUT2D eigenvalue weighted by atomic mass is 35.5. The third-order valence-electron chi connectivity index (χ3n) is 5.25. The number of fused-ring (bicyclic) bond motifs is 1. The van der Waals surface area contributed by atoms with Crippen LogP contribution in [0.15, 0.2) is 65.3 Å². The average molecular weight is 431 g/mol. The molecule has 3 heterocycles. The number of hydrogen-bond donors (Lipinski definition) is 1. The highest BCUT2D eigenvalue weighted by Crippen LogP contribution is 2.33. The van der Waals surface area contributed by atoms with Gasteiger partial charge in [0.25, 0.3) is 0 Å². The van der Waals surface area contributed by atoms with E-state index in [1.54, 1.807) is 18.2 Å². The molecule has 0 saturated heterocycles. The quantitative estimate of drug-likeness (QED) is 0.432. The van der Waals surface area contributed by atoms with Crippen molar-refractivity contribution < 1.29 is 8.91 Å². The van der Waals surface area contributed by atoms with E-state index in [4.69, 9.17) is 16.1 Å². The standard InChI is InChI=1S/C24H16ClFN4O/c25-16-7-5-15(6-8-16)22-11-17(31-29-22)13-30-10-9-18-20(12-27)24(28-23(18)14-30)19-3-1-2-4-21(19)26/h1-11,28H,13-14H2. The number of nitrogens with zero attached hydrogens (tertiary/aromatic N) is 3. The van der Waals surface area contributed by atoms with Crippen LogP contribution in [-0.4, -0.2) is 15.0 Å². The lowest BCUT2D eigenvalue weighted by Gasteiger charge is -2.22. The molecule has 5 rings (SSSR count). The van der Waals surface area contributed by atoms with Crippen LogP contribution >= 0.6 is 11.6 Å². The van der Waals surface area contributed by atoms with Crippen molar-refractivity contribution in [2.24, 2.45) is 0 Å². The van der Waals surface area contributed by atoms with E-state index in [2.05, 4.69) is 16.2 Å². The number of rotatable bonds is 4. The van der Waals surface area contributed by atoms with E-state index in [1.807, 2.05) is 47.5 Å². The van der Waals surface area contributed by atoms with Gasteiger partial charge in [-0.1, -0.05) is 41.0 Å². The van der Waals surface area contributed by atoms with Crippen molar-refractivity contribution >= 4 is 17.7 Å². The summed E-state index contributed by atoms with van der Waals surface area (Å²) in [5.41, 5.74) is 4.64. The molecule has 5 nitrogen and oxygen atoms in total. The minimum absolute atomic E-state index is 0.366. The molecule has 1 aliphatic rings. The summed E-state index contributed by atoms with van der Waals surface area (Å²) in [6.07, 6.45) is 3.78. The Balaban J connectivity index is 1.38. The molecule has 1 aliphatic heterocycles. The number of nitrogens with one attached hydrogen (secondary N) is 1. The summed E-state index contributed by atoms with van der Waals surface area (Å²) < 4.78 is 19.8. The molecule has 0 spiro atoms. The molecular formula is C24H16ClFN4O. The Labute approximate surface area is 183 Å². The second kappa shape index (κ2) is 7.78. The molecule has 0 aliphatic carbocycles. The molecule has 7 heteroatoms. The van der Waals surface area contributed by atoms with Crippen LogP contribution < -0.4 is 0 Å². The highest BCUT2D eigenvalue weighted by molar-refractivity contribution is 6.30. The number of H-pyrrole nitrogens is 1. The van der Waals surface area contributed by atoms with E-state index in [0.29, 0.717) is 40.7 Å². The molecule has 0 fully saturated rings. The molecule has 2 aromatic heterocycles. The lowest BCUT2D eigenvalue weighted by Crippen LogP contribution is -2.19. The summed E-state index contributed by atoms with van der Waals surface area (Å²) in [6, 6.07) is 18.0. The van der Waals surface area contributed by atoms with Gasteiger partial charge in [-0.3, -0.25) is 0 Å². The normalized spacial score (nSPS) is 12.6. The van der Waals surface area contributed by atoms with Gasteiger partial charge in [0.2, 0.25) is 0 Å². The molecule has 0 unspecified atom stereocenters. The Kier molecular flexibility index (Phi) is 4.81. The van der Waals surface area contributed by atoms with E-state index in [9.17, 15) is 9.65 Å². The van der Waals surface area contributed by atoms with E-state index >= 15 is 0 Å². The molecule has 1 N–H and O–H groups in total. The Morgan fingerprint density at radius 2 is 2.00 bits per heavy atom. The van der Waals surface area contributed by atoms with Crippen LogP contribution in [0.25, 0.3) is 28.6 Å². The van der Waals surface area contributed by atoms with Gasteiger partial charge in [-0.15, -0.1) is 0 Å². The predicted molar refractivity (Wildman–Crippen MR) is 116 cm³/mol. The lowest BCUT2D eigenvalue weighted by molar-refractivity contribution is 0.290. The third-order valence-corrected chi connectivity index (χ3v) is 5.50. The lowest BCUT2D eigenvalue weighted by atomic mass is 10.0. The zero-order chi connectivity index (χ0) is 21.4. The van der Waals surface area contributed by atoms with Gasteiger partial charge in [-0.05, 0) is 30.3 Å². The zero-order valence-corrected chi connectivity index (χ0v) is 17.0. The number of aromatic amines is 1. The van der Waals surface area contributed by atoms with Crippen molar-refractivity contribution in [1.82, 2.24) is 15.0 Å². The first-order valence-electron chi connectivity index (χ1n) is 9.66. The highest BCUT2D eigenvalue weighted by Gasteiger charge is 2.23. The smallest absolute Gasteiger partial charge is 0.156 e. The monoisotopic (exact) mass is 430 g/mol. The average Bonchev–Trinajstić information content (AvgIpc) is 3.38. The van der Waals surface area contributed by atoms with Crippen molar-refractivity contribution in [2.75, 3.05) is 0 Å². The summed E-state index contributed by atoms with van der Waals surface area (Å²) in [5.74, 6) is 0.342. The van der Waals surface area contributed by atoms with Crippen molar-refractivity contribution in [1.29, 1.82) is 5.26 Å². The molecule has 4 aromatic rings. The first kappa shape index (κ1) is 19.2. The van der Waals surface area contributed by atoms with E-state index in [1.165, 1.54) is 6.07 Å². The molecule has 0 saturated carbocycles. The summed E-state index contributed by atoms with van der Waals surface area (Å²) in [6.45, 7) is 1.04. The van der Waals surface area contributed by atoms with Crippen LogP contribution in [-0.2, 0) is 13.1 Å². The van der Waals surface area contributed by atoms with E-state index in [0.717, 1.165) is 22.5 Å². The van der Waals surface area contributed by atoms with Crippen molar-refractivity contribution in [3.8, 4) is 28.6 Å².